The molecule has 0 amide bonds. The van der Waals surface area contributed by atoms with Gasteiger partial charge in [-0.2, -0.15) is 0 Å². The predicted octanol–water partition coefficient (Wildman–Crippen LogP) is 2.43. The van der Waals surface area contributed by atoms with E-state index in [9.17, 15) is 9.59 Å². The summed E-state index contributed by atoms with van der Waals surface area (Å²) in [4.78, 5) is 27.9. The summed E-state index contributed by atoms with van der Waals surface area (Å²) in [6.45, 7) is 4.33. The van der Waals surface area contributed by atoms with Crippen molar-refractivity contribution < 1.29 is 0 Å². The van der Waals surface area contributed by atoms with E-state index in [-0.39, 0.29) is 6.04 Å². The SMILES string of the molecule is CCCC(CCC)C(N)c1ccc2[nH]c(=O)c(=O)[nH]c2c1. The van der Waals surface area contributed by atoms with E-state index in [2.05, 4.69) is 23.8 Å². The van der Waals surface area contributed by atoms with Crippen LogP contribution in [0.5, 0.6) is 0 Å². The van der Waals surface area contributed by atoms with Gasteiger partial charge in [-0.15, -0.1) is 0 Å². The van der Waals surface area contributed by atoms with Crippen molar-refractivity contribution in [2.24, 2.45) is 11.7 Å². The molecule has 0 spiro atoms. The summed E-state index contributed by atoms with van der Waals surface area (Å²) in [7, 11) is 0. The zero-order valence-corrected chi connectivity index (χ0v) is 12.6. The summed E-state index contributed by atoms with van der Waals surface area (Å²) >= 11 is 0. The Balaban J connectivity index is 2.39. The number of rotatable bonds is 6. The molecular weight excluding hydrogens is 266 g/mol. The monoisotopic (exact) mass is 289 g/mol. The summed E-state index contributed by atoms with van der Waals surface area (Å²) in [6.07, 6.45) is 4.40. The summed E-state index contributed by atoms with van der Waals surface area (Å²) in [6, 6.07) is 5.55. The molecule has 0 fully saturated rings. The lowest BCUT2D eigenvalue weighted by Gasteiger charge is -2.23. The van der Waals surface area contributed by atoms with Gasteiger partial charge in [-0.05, 0) is 36.5 Å². The third-order valence-corrected chi connectivity index (χ3v) is 3.96. The molecule has 1 heterocycles. The van der Waals surface area contributed by atoms with Gasteiger partial charge in [-0.3, -0.25) is 9.59 Å². The molecule has 0 radical (unpaired) electrons. The Kier molecular flexibility index (Phi) is 4.96. The molecule has 0 aliphatic rings. The van der Waals surface area contributed by atoms with Crippen LogP contribution < -0.4 is 16.9 Å². The molecule has 1 aromatic heterocycles. The van der Waals surface area contributed by atoms with Crippen LogP contribution in [0.1, 0.15) is 51.1 Å². The number of aromatic nitrogens is 2. The van der Waals surface area contributed by atoms with E-state index in [0.29, 0.717) is 17.0 Å². The fraction of sp³-hybridized carbons (Fsp3) is 0.500. The van der Waals surface area contributed by atoms with Crippen molar-refractivity contribution in [1.29, 1.82) is 0 Å². The Morgan fingerprint density at radius 1 is 1.00 bits per heavy atom. The zero-order chi connectivity index (χ0) is 15.4. The molecule has 1 aromatic carbocycles. The Labute approximate surface area is 123 Å². The Hall–Kier alpha value is -1.88. The van der Waals surface area contributed by atoms with Crippen LogP contribution >= 0.6 is 0 Å². The van der Waals surface area contributed by atoms with Gasteiger partial charge in [0.15, 0.2) is 0 Å². The molecule has 0 saturated carbocycles. The highest BCUT2D eigenvalue weighted by atomic mass is 16.2. The molecule has 0 aliphatic carbocycles. The van der Waals surface area contributed by atoms with Crippen LogP contribution in [0.2, 0.25) is 0 Å². The van der Waals surface area contributed by atoms with Crippen LogP contribution in [-0.4, -0.2) is 9.97 Å². The van der Waals surface area contributed by atoms with E-state index in [1.54, 1.807) is 6.07 Å². The van der Waals surface area contributed by atoms with E-state index in [1.165, 1.54) is 0 Å². The average Bonchev–Trinajstić information content (AvgIpc) is 2.47. The maximum atomic E-state index is 11.4. The number of hydrogen-bond acceptors (Lipinski definition) is 3. The van der Waals surface area contributed by atoms with E-state index < -0.39 is 11.1 Å². The third-order valence-electron chi connectivity index (χ3n) is 3.96. The smallest absolute Gasteiger partial charge is 0.314 e. The van der Waals surface area contributed by atoms with E-state index in [1.807, 2.05) is 12.1 Å². The lowest BCUT2D eigenvalue weighted by atomic mass is 9.86. The standard InChI is InChI=1S/C16H23N3O2/c1-3-5-10(6-4-2)14(17)11-7-8-12-13(9-11)19-16(21)15(20)18-12/h7-10,14H,3-6,17H2,1-2H3,(H,18,20)(H,19,21). The number of nitrogens with one attached hydrogen (secondary N) is 2. The largest absolute Gasteiger partial charge is 0.324 e. The number of nitrogens with two attached hydrogens (primary N) is 1. The van der Waals surface area contributed by atoms with Gasteiger partial charge in [-0.1, -0.05) is 32.8 Å². The average molecular weight is 289 g/mol. The zero-order valence-electron chi connectivity index (χ0n) is 12.6. The molecular formula is C16H23N3O2. The van der Waals surface area contributed by atoms with E-state index in [4.69, 9.17) is 5.73 Å². The van der Waals surface area contributed by atoms with Crippen molar-refractivity contribution in [3.05, 3.63) is 44.5 Å². The fourth-order valence-electron chi connectivity index (χ4n) is 2.86. The van der Waals surface area contributed by atoms with Gasteiger partial charge in [0.2, 0.25) is 0 Å². The maximum absolute atomic E-state index is 11.4. The quantitative estimate of drug-likeness (QED) is 0.713. The molecule has 0 saturated heterocycles. The fourth-order valence-corrected chi connectivity index (χ4v) is 2.86. The summed E-state index contributed by atoms with van der Waals surface area (Å²) < 4.78 is 0. The second kappa shape index (κ2) is 6.72. The minimum Gasteiger partial charge on any atom is -0.324 e. The number of benzene rings is 1. The minimum atomic E-state index is -0.633. The van der Waals surface area contributed by atoms with Gasteiger partial charge in [0.25, 0.3) is 0 Å². The van der Waals surface area contributed by atoms with Gasteiger partial charge >= 0.3 is 11.1 Å². The van der Waals surface area contributed by atoms with Gasteiger partial charge in [0.1, 0.15) is 0 Å². The van der Waals surface area contributed by atoms with Crippen LogP contribution in [0.4, 0.5) is 0 Å². The molecule has 5 heteroatoms. The molecule has 2 aromatic rings. The van der Waals surface area contributed by atoms with Crippen LogP contribution in [0, 0.1) is 5.92 Å². The highest BCUT2D eigenvalue weighted by molar-refractivity contribution is 5.74. The van der Waals surface area contributed by atoms with E-state index >= 15 is 0 Å². The Bertz CT molecular complexity index is 711. The van der Waals surface area contributed by atoms with Gasteiger partial charge in [0.05, 0.1) is 11.0 Å². The molecule has 0 aliphatic heterocycles. The minimum absolute atomic E-state index is 0.0512. The normalized spacial score (nSPS) is 13.0. The van der Waals surface area contributed by atoms with Crippen molar-refractivity contribution >= 4 is 11.0 Å². The highest BCUT2D eigenvalue weighted by Crippen LogP contribution is 2.28. The van der Waals surface area contributed by atoms with Crippen molar-refractivity contribution in [2.45, 2.75) is 45.6 Å². The first-order valence-electron chi connectivity index (χ1n) is 7.58. The van der Waals surface area contributed by atoms with Crippen LogP contribution in [-0.2, 0) is 0 Å². The molecule has 114 valence electrons. The Morgan fingerprint density at radius 3 is 2.14 bits per heavy atom. The Morgan fingerprint density at radius 2 is 1.57 bits per heavy atom. The van der Waals surface area contributed by atoms with Crippen molar-refractivity contribution in [1.82, 2.24) is 9.97 Å². The second-order valence-electron chi connectivity index (χ2n) is 5.58. The van der Waals surface area contributed by atoms with Crippen molar-refractivity contribution in [3.63, 3.8) is 0 Å². The summed E-state index contributed by atoms with van der Waals surface area (Å²) in [5, 5.41) is 0. The lowest BCUT2D eigenvalue weighted by Crippen LogP contribution is -2.29. The molecule has 4 N–H and O–H groups in total. The van der Waals surface area contributed by atoms with E-state index in [0.717, 1.165) is 31.2 Å². The van der Waals surface area contributed by atoms with Crippen molar-refractivity contribution in [2.75, 3.05) is 0 Å². The maximum Gasteiger partial charge on any atom is 0.314 e. The first-order chi connectivity index (χ1) is 10.1. The first kappa shape index (κ1) is 15.5. The molecule has 1 unspecified atom stereocenters. The number of hydrogen-bond donors (Lipinski definition) is 3. The number of H-pyrrole nitrogens is 2. The first-order valence-corrected chi connectivity index (χ1v) is 7.58. The lowest BCUT2D eigenvalue weighted by molar-refractivity contribution is 0.369. The van der Waals surface area contributed by atoms with Crippen molar-refractivity contribution in [3.8, 4) is 0 Å². The molecule has 21 heavy (non-hydrogen) atoms. The molecule has 2 rings (SSSR count). The molecule has 1 atom stereocenters. The van der Waals surface area contributed by atoms with Crippen LogP contribution in [0.3, 0.4) is 0 Å². The number of aromatic amines is 2. The summed E-state index contributed by atoms with van der Waals surface area (Å²) in [5.74, 6) is 0.437. The third kappa shape index (κ3) is 3.42. The van der Waals surface area contributed by atoms with Crippen LogP contribution in [0.25, 0.3) is 11.0 Å². The van der Waals surface area contributed by atoms with Gasteiger partial charge in [-0.25, -0.2) is 0 Å². The van der Waals surface area contributed by atoms with Crippen LogP contribution in [0.15, 0.2) is 27.8 Å². The predicted molar refractivity (Wildman–Crippen MR) is 85.4 cm³/mol. The van der Waals surface area contributed by atoms with Gasteiger partial charge in [0, 0.05) is 6.04 Å². The second-order valence-corrected chi connectivity index (χ2v) is 5.58. The molecule has 0 bridgehead atoms. The topological polar surface area (TPSA) is 91.7 Å². The molecule has 5 nitrogen and oxygen atoms in total. The summed E-state index contributed by atoms with van der Waals surface area (Å²) in [5.41, 5.74) is 7.39. The van der Waals surface area contributed by atoms with Gasteiger partial charge < -0.3 is 15.7 Å². The highest BCUT2D eigenvalue weighted by Gasteiger charge is 2.18. The number of fused-ring (bicyclic) bond motifs is 1.